The summed E-state index contributed by atoms with van der Waals surface area (Å²) in [6.45, 7) is 6.16. The molecule has 0 unspecified atom stereocenters. The van der Waals surface area contributed by atoms with E-state index >= 15 is 0 Å². The molecule has 6 heteroatoms. The lowest BCUT2D eigenvalue weighted by Gasteiger charge is -2.47. The van der Waals surface area contributed by atoms with E-state index in [9.17, 15) is 4.79 Å². The summed E-state index contributed by atoms with van der Waals surface area (Å²) >= 11 is 0. The molecule has 2 saturated heterocycles. The van der Waals surface area contributed by atoms with Gasteiger partial charge in [-0.3, -0.25) is 14.8 Å². The molecular formula is C18H24N4O2. The molecule has 6 nitrogen and oxygen atoms in total. The Bertz CT molecular complexity index is 727. The number of rotatable bonds is 3. The van der Waals surface area contributed by atoms with E-state index in [2.05, 4.69) is 22.0 Å². The fourth-order valence-corrected chi connectivity index (χ4v) is 3.98. The maximum atomic E-state index is 12.9. The van der Waals surface area contributed by atoms with Gasteiger partial charge >= 0.3 is 0 Å². The molecule has 4 rings (SSSR count). The fraction of sp³-hybridized carbons (Fsp3) is 0.556. The molecule has 1 amide bonds. The predicted octanol–water partition coefficient (Wildman–Crippen LogP) is 1.89. The molecule has 3 heterocycles. The summed E-state index contributed by atoms with van der Waals surface area (Å²) in [5.74, 6) is 0.0183. The minimum atomic E-state index is 0.0183. The van der Waals surface area contributed by atoms with Crippen LogP contribution in [0.15, 0.2) is 24.3 Å². The summed E-state index contributed by atoms with van der Waals surface area (Å²) in [5, 5.41) is 8.11. The van der Waals surface area contributed by atoms with Gasteiger partial charge in [-0.1, -0.05) is 31.5 Å². The summed E-state index contributed by atoms with van der Waals surface area (Å²) in [6, 6.07) is 8.58. The first-order valence-electron chi connectivity index (χ1n) is 8.83. The molecule has 2 atom stereocenters. The van der Waals surface area contributed by atoms with Gasteiger partial charge in [-0.2, -0.15) is 5.10 Å². The maximum Gasteiger partial charge on any atom is 0.275 e. The van der Waals surface area contributed by atoms with Crippen LogP contribution < -0.4 is 0 Å². The van der Waals surface area contributed by atoms with Crippen molar-refractivity contribution in [2.24, 2.45) is 0 Å². The van der Waals surface area contributed by atoms with Crippen LogP contribution in [-0.4, -0.2) is 70.8 Å². The Hall–Kier alpha value is -1.92. The van der Waals surface area contributed by atoms with E-state index in [1.807, 2.05) is 29.2 Å². The van der Waals surface area contributed by atoms with E-state index in [-0.39, 0.29) is 5.91 Å². The number of nitrogens with one attached hydrogen (secondary N) is 1. The van der Waals surface area contributed by atoms with Crippen molar-refractivity contribution < 1.29 is 9.53 Å². The number of carbonyl (C=O) groups excluding carboxylic acids is 1. The van der Waals surface area contributed by atoms with Gasteiger partial charge in [0.2, 0.25) is 0 Å². The third-order valence-electron chi connectivity index (χ3n) is 5.20. The van der Waals surface area contributed by atoms with Crippen molar-refractivity contribution in [3.05, 3.63) is 30.0 Å². The van der Waals surface area contributed by atoms with Crippen LogP contribution in [0, 0.1) is 0 Å². The lowest BCUT2D eigenvalue weighted by atomic mass is 10.0. The average Bonchev–Trinajstić information content (AvgIpc) is 3.05. The van der Waals surface area contributed by atoms with Crippen molar-refractivity contribution in [3.63, 3.8) is 0 Å². The van der Waals surface area contributed by atoms with Gasteiger partial charge in [-0.25, -0.2) is 0 Å². The molecule has 1 aromatic heterocycles. The van der Waals surface area contributed by atoms with E-state index in [0.717, 1.165) is 43.6 Å². The van der Waals surface area contributed by atoms with Crippen LogP contribution in [-0.2, 0) is 4.74 Å². The smallest absolute Gasteiger partial charge is 0.275 e. The molecule has 24 heavy (non-hydrogen) atoms. The highest BCUT2D eigenvalue weighted by molar-refractivity contribution is 6.04. The quantitative estimate of drug-likeness (QED) is 0.935. The maximum absolute atomic E-state index is 12.9. The highest BCUT2D eigenvalue weighted by Gasteiger charge is 2.37. The Balaban J connectivity index is 1.51. The zero-order valence-electron chi connectivity index (χ0n) is 14.1. The minimum absolute atomic E-state index is 0.0183. The molecule has 1 aromatic carbocycles. The molecule has 2 aliphatic heterocycles. The summed E-state index contributed by atoms with van der Waals surface area (Å²) < 4.78 is 5.79. The van der Waals surface area contributed by atoms with Gasteiger partial charge in [-0.05, 0) is 12.5 Å². The van der Waals surface area contributed by atoms with Crippen LogP contribution >= 0.6 is 0 Å². The van der Waals surface area contributed by atoms with Crippen molar-refractivity contribution in [1.82, 2.24) is 20.0 Å². The van der Waals surface area contributed by atoms with Crippen molar-refractivity contribution in [1.29, 1.82) is 0 Å². The van der Waals surface area contributed by atoms with E-state index < -0.39 is 0 Å². The van der Waals surface area contributed by atoms with E-state index in [0.29, 0.717) is 24.4 Å². The van der Waals surface area contributed by atoms with Crippen molar-refractivity contribution in [2.75, 3.05) is 32.8 Å². The van der Waals surface area contributed by atoms with Gasteiger partial charge in [0.05, 0.1) is 24.8 Å². The number of benzene rings is 1. The number of fused-ring (bicyclic) bond motifs is 2. The highest BCUT2D eigenvalue weighted by atomic mass is 16.5. The number of carbonyl (C=O) groups is 1. The topological polar surface area (TPSA) is 61.5 Å². The molecule has 2 fully saturated rings. The van der Waals surface area contributed by atoms with Crippen LogP contribution in [0.2, 0.25) is 0 Å². The third-order valence-corrected chi connectivity index (χ3v) is 5.20. The molecule has 2 aromatic rings. The Morgan fingerprint density at radius 3 is 3.08 bits per heavy atom. The van der Waals surface area contributed by atoms with Crippen LogP contribution in [0.5, 0.6) is 0 Å². The first-order valence-corrected chi connectivity index (χ1v) is 8.83. The zero-order chi connectivity index (χ0) is 16.5. The molecule has 1 N–H and O–H groups in total. The number of aromatic nitrogens is 2. The first kappa shape index (κ1) is 15.6. The Labute approximate surface area is 141 Å². The zero-order valence-corrected chi connectivity index (χ0v) is 14.1. The number of hydrogen-bond acceptors (Lipinski definition) is 4. The standard InChI is InChI=1S/C18H24N4O2/c1-2-5-13-11-24-12-14-10-21(8-9-22(13)14)18(23)17-15-6-3-4-7-16(15)19-20-17/h3-4,6-7,13-14H,2,5,8-12H2,1H3,(H,19,20)/t13-,14+/m0/s1. The molecule has 128 valence electrons. The van der Waals surface area contributed by atoms with Gasteiger partial charge in [0.15, 0.2) is 5.69 Å². The Morgan fingerprint density at radius 1 is 1.33 bits per heavy atom. The monoisotopic (exact) mass is 328 g/mol. The second-order valence-electron chi connectivity index (χ2n) is 6.74. The molecule has 0 bridgehead atoms. The summed E-state index contributed by atoms with van der Waals surface area (Å²) in [4.78, 5) is 17.4. The van der Waals surface area contributed by atoms with Crippen LogP contribution in [0.3, 0.4) is 0 Å². The number of nitrogens with zero attached hydrogens (tertiary/aromatic N) is 3. The van der Waals surface area contributed by atoms with Crippen molar-refractivity contribution >= 4 is 16.8 Å². The fourth-order valence-electron chi connectivity index (χ4n) is 3.98. The third kappa shape index (κ3) is 2.70. The van der Waals surface area contributed by atoms with Gasteiger partial charge in [0, 0.05) is 31.1 Å². The second kappa shape index (κ2) is 6.53. The minimum Gasteiger partial charge on any atom is -0.378 e. The summed E-state index contributed by atoms with van der Waals surface area (Å²) in [5.41, 5.74) is 1.43. The van der Waals surface area contributed by atoms with Crippen molar-refractivity contribution in [2.45, 2.75) is 31.8 Å². The van der Waals surface area contributed by atoms with Crippen LogP contribution in [0.25, 0.3) is 10.9 Å². The molecule has 0 aliphatic carbocycles. The summed E-state index contributed by atoms with van der Waals surface area (Å²) in [7, 11) is 0. The molecule has 0 radical (unpaired) electrons. The number of para-hydroxylation sites is 1. The van der Waals surface area contributed by atoms with Crippen LogP contribution in [0.1, 0.15) is 30.3 Å². The number of amides is 1. The summed E-state index contributed by atoms with van der Waals surface area (Å²) in [6.07, 6.45) is 2.33. The van der Waals surface area contributed by atoms with Gasteiger partial charge in [-0.15, -0.1) is 0 Å². The lowest BCUT2D eigenvalue weighted by molar-refractivity contribution is -0.0776. The number of piperazine rings is 1. The second-order valence-corrected chi connectivity index (χ2v) is 6.74. The Morgan fingerprint density at radius 2 is 2.21 bits per heavy atom. The number of hydrogen-bond donors (Lipinski definition) is 1. The average molecular weight is 328 g/mol. The largest absolute Gasteiger partial charge is 0.378 e. The van der Waals surface area contributed by atoms with Crippen molar-refractivity contribution in [3.8, 4) is 0 Å². The molecular weight excluding hydrogens is 304 g/mol. The number of aromatic amines is 1. The van der Waals surface area contributed by atoms with E-state index in [4.69, 9.17) is 4.74 Å². The van der Waals surface area contributed by atoms with E-state index in [1.54, 1.807) is 0 Å². The number of ether oxygens (including phenoxy) is 1. The predicted molar refractivity (Wildman–Crippen MR) is 92.0 cm³/mol. The SMILES string of the molecule is CCC[C@H]1COC[C@H]2CN(C(=O)c3n[nH]c4ccccc34)CCN12. The van der Waals surface area contributed by atoms with Gasteiger partial charge in [0.25, 0.3) is 5.91 Å². The van der Waals surface area contributed by atoms with Gasteiger partial charge < -0.3 is 9.64 Å². The van der Waals surface area contributed by atoms with Gasteiger partial charge in [0.1, 0.15) is 0 Å². The van der Waals surface area contributed by atoms with Crippen LogP contribution in [0.4, 0.5) is 0 Å². The molecule has 0 spiro atoms. The normalized spacial score (nSPS) is 25.0. The first-order chi connectivity index (χ1) is 11.8. The van der Waals surface area contributed by atoms with E-state index in [1.165, 1.54) is 6.42 Å². The molecule has 0 saturated carbocycles. The number of H-pyrrole nitrogens is 1. The Kier molecular flexibility index (Phi) is 4.24. The number of morpholine rings is 1. The highest BCUT2D eigenvalue weighted by Crippen LogP contribution is 2.23. The molecule has 2 aliphatic rings. The lowest BCUT2D eigenvalue weighted by Crippen LogP contribution is -2.62.